The number of aromatic nitrogens is 1. The molecule has 0 bridgehead atoms. The fourth-order valence-corrected chi connectivity index (χ4v) is 3.55. The predicted octanol–water partition coefficient (Wildman–Crippen LogP) is 3.53. The number of carbonyl (C=O) groups is 1. The van der Waals surface area contributed by atoms with Gasteiger partial charge < -0.3 is 21.7 Å². The molecule has 1 saturated carbocycles. The third kappa shape index (κ3) is 4.61. The molecule has 1 aliphatic rings. The number of likely N-dealkylation sites (N-methyl/N-ethyl adjacent to an activating group) is 1. The number of pyridine rings is 1. The number of rotatable bonds is 6. The van der Waals surface area contributed by atoms with Crippen LogP contribution in [0.3, 0.4) is 0 Å². The van der Waals surface area contributed by atoms with Crippen molar-refractivity contribution >= 4 is 23.2 Å². The molecule has 1 aromatic heterocycles. The molecule has 2 atom stereocenters. The van der Waals surface area contributed by atoms with Gasteiger partial charge in [0.25, 0.3) is 11.8 Å². The summed E-state index contributed by atoms with van der Waals surface area (Å²) >= 11 is 0. The van der Waals surface area contributed by atoms with Gasteiger partial charge in [0.1, 0.15) is 17.5 Å². The van der Waals surface area contributed by atoms with Crippen LogP contribution in [0.4, 0.5) is 39.3 Å². The van der Waals surface area contributed by atoms with E-state index in [1.807, 2.05) is 0 Å². The van der Waals surface area contributed by atoms with Crippen LogP contribution in [-0.4, -0.2) is 35.9 Å². The molecule has 5 N–H and O–H groups in total. The van der Waals surface area contributed by atoms with Crippen LogP contribution in [0.2, 0.25) is 0 Å². The van der Waals surface area contributed by atoms with Crippen molar-refractivity contribution < 1.29 is 26.7 Å². The zero-order valence-electron chi connectivity index (χ0n) is 15.9. The highest BCUT2D eigenvalue weighted by molar-refractivity contribution is 5.98. The van der Waals surface area contributed by atoms with Crippen LogP contribution in [0, 0.1) is 17.5 Å². The largest absolute Gasteiger partial charge is 0.365 e. The lowest BCUT2D eigenvalue weighted by atomic mass is 9.87. The zero-order valence-corrected chi connectivity index (χ0v) is 15.9. The predicted molar refractivity (Wildman–Crippen MR) is 101 cm³/mol. The molecule has 11 heteroatoms. The average molecular weight is 429 g/mol. The van der Waals surface area contributed by atoms with E-state index in [1.165, 1.54) is 7.05 Å². The van der Waals surface area contributed by atoms with Gasteiger partial charge in [-0.15, -0.1) is 0 Å². The summed E-state index contributed by atoms with van der Waals surface area (Å²) in [5, 5.41) is 7.72. The van der Waals surface area contributed by atoms with Gasteiger partial charge in [-0.3, -0.25) is 4.79 Å². The van der Waals surface area contributed by atoms with E-state index < -0.39 is 47.2 Å². The fourth-order valence-electron chi connectivity index (χ4n) is 3.55. The van der Waals surface area contributed by atoms with Crippen molar-refractivity contribution in [3.05, 3.63) is 47.3 Å². The summed E-state index contributed by atoms with van der Waals surface area (Å²) < 4.78 is 69.8. The van der Waals surface area contributed by atoms with Gasteiger partial charge in [-0.1, -0.05) is 0 Å². The molecule has 1 aromatic carbocycles. The van der Waals surface area contributed by atoms with E-state index in [-0.39, 0.29) is 29.9 Å². The molecule has 162 valence electrons. The molecule has 0 radical (unpaired) electrons. The first kappa shape index (κ1) is 21.8. The minimum Gasteiger partial charge on any atom is -0.365 e. The molecule has 1 unspecified atom stereocenters. The highest BCUT2D eigenvalue weighted by Crippen LogP contribution is 2.35. The number of hydrogen-bond acceptors (Lipinski definition) is 5. The Labute approximate surface area is 169 Å². The number of halogens is 5. The minimum absolute atomic E-state index is 0.0997. The van der Waals surface area contributed by atoms with Crippen LogP contribution < -0.4 is 21.7 Å². The topological polar surface area (TPSA) is 92.1 Å². The number of alkyl halides is 2. The second-order valence-corrected chi connectivity index (χ2v) is 7.03. The molecule has 30 heavy (non-hydrogen) atoms. The SMILES string of the molecule is CN[C@@H]1C(Nc2nc(Nc3cc(F)cc(F)c3)c(C(N)=O)cc2F)CCCC1(F)F. The minimum atomic E-state index is -3.01. The van der Waals surface area contributed by atoms with E-state index >= 15 is 0 Å². The number of nitrogens with two attached hydrogens (primary N) is 1. The molecule has 1 heterocycles. The monoisotopic (exact) mass is 429 g/mol. The Kier molecular flexibility index (Phi) is 6.11. The summed E-state index contributed by atoms with van der Waals surface area (Å²) in [4.78, 5) is 15.6. The highest BCUT2D eigenvalue weighted by atomic mass is 19.3. The van der Waals surface area contributed by atoms with Crippen LogP contribution >= 0.6 is 0 Å². The second kappa shape index (κ2) is 8.42. The third-order valence-corrected chi connectivity index (χ3v) is 4.88. The van der Waals surface area contributed by atoms with Crippen molar-refractivity contribution in [1.29, 1.82) is 0 Å². The highest BCUT2D eigenvalue weighted by Gasteiger charge is 2.46. The lowest BCUT2D eigenvalue weighted by Gasteiger charge is -2.38. The molecule has 1 fully saturated rings. The van der Waals surface area contributed by atoms with Gasteiger partial charge in [0, 0.05) is 24.2 Å². The quantitative estimate of drug-likeness (QED) is 0.528. The first-order valence-corrected chi connectivity index (χ1v) is 9.16. The molecule has 1 aliphatic carbocycles. The van der Waals surface area contributed by atoms with E-state index in [1.54, 1.807) is 0 Å². The number of amides is 1. The molecule has 0 aliphatic heterocycles. The number of anilines is 3. The van der Waals surface area contributed by atoms with Crippen molar-refractivity contribution in [3.63, 3.8) is 0 Å². The first-order chi connectivity index (χ1) is 14.1. The maximum absolute atomic E-state index is 14.5. The van der Waals surface area contributed by atoms with Crippen LogP contribution in [0.25, 0.3) is 0 Å². The number of benzene rings is 1. The molecular formula is C19H20F5N5O. The summed E-state index contributed by atoms with van der Waals surface area (Å²) in [6.45, 7) is 0. The molecule has 2 aromatic rings. The second-order valence-electron chi connectivity index (χ2n) is 7.03. The Hall–Kier alpha value is -2.95. The zero-order chi connectivity index (χ0) is 22.1. The molecule has 3 rings (SSSR count). The smallest absolute Gasteiger partial charge is 0.265 e. The Morgan fingerprint density at radius 2 is 1.80 bits per heavy atom. The number of nitrogens with zero attached hydrogens (tertiary/aromatic N) is 1. The van der Waals surface area contributed by atoms with E-state index in [2.05, 4.69) is 20.9 Å². The van der Waals surface area contributed by atoms with E-state index in [4.69, 9.17) is 5.73 Å². The van der Waals surface area contributed by atoms with Gasteiger partial charge in [-0.25, -0.2) is 26.9 Å². The van der Waals surface area contributed by atoms with Gasteiger partial charge in [0.15, 0.2) is 11.6 Å². The van der Waals surface area contributed by atoms with Crippen molar-refractivity contribution in [3.8, 4) is 0 Å². The number of primary amides is 1. The number of carbonyl (C=O) groups excluding carboxylic acids is 1. The van der Waals surface area contributed by atoms with Crippen molar-refractivity contribution in [1.82, 2.24) is 10.3 Å². The van der Waals surface area contributed by atoms with Gasteiger partial charge in [-0.2, -0.15) is 0 Å². The van der Waals surface area contributed by atoms with E-state index in [0.29, 0.717) is 12.5 Å². The Morgan fingerprint density at radius 3 is 2.40 bits per heavy atom. The maximum Gasteiger partial charge on any atom is 0.265 e. The van der Waals surface area contributed by atoms with Gasteiger partial charge in [-0.05, 0) is 38.1 Å². The summed E-state index contributed by atoms with van der Waals surface area (Å²) in [7, 11) is 1.38. The van der Waals surface area contributed by atoms with E-state index in [0.717, 1.165) is 18.2 Å². The van der Waals surface area contributed by atoms with Gasteiger partial charge in [0.05, 0.1) is 11.6 Å². The molecule has 0 saturated heterocycles. The number of hydrogen-bond donors (Lipinski definition) is 4. The van der Waals surface area contributed by atoms with Crippen LogP contribution in [-0.2, 0) is 0 Å². The molecular weight excluding hydrogens is 409 g/mol. The summed E-state index contributed by atoms with van der Waals surface area (Å²) in [5.74, 6) is -7.48. The maximum atomic E-state index is 14.5. The standard InChI is InChI=1S/C19H20F5N5O/c1-26-15-14(3-2-4-19(15,23)24)28-18-13(22)8-12(16(25)30)17(29-18)27-11-6-9(20)5-10(21)7-11/h5-8,14-15,26H,2-4H2,1H3,(H2,25,30)(H2,27,28,29)/t14?,15-/m1/s1. The summed E-state index contributed by atoms with van der Waals surface area (Å²) in [6, 6.07) is 1.18. The lowest BCUT2D eigenvalue weighted by Crippen LogP contribution is -2.56. The fraction of sp³-hybridized carbons (Fsp3) is 0.368. The summed E-state index contributed by atoms with van der Waals surface area (Å²) in [5.41, 5.74) is 4.77. The van der Waals surface area contributed by atoms with Crippen LogP contribution in [0.1, 0.15) is 29.6 Å². The summed E-state index contributed by atoms with van der Waals surface area (Å²) in [6.07, 6.45) is 0.250. The first-order valence-electron chi connectivity index (χ1n) is 9.16. The van der Waals surface area contributed by atoms with Crippen LogP contribution in [0.5, 0.6) is 0 Å². The Balaban J connectivity index is 1.96. The molecule has 1 amide bonds. The lowest BCUT2D eigenvalue weighted by molar-refractivity contribution is -0.0654. The van der Waals surface area contributed by atoms with Gasteiger partial charge >= 0.3 is 0 Å². The molecule has 0 spiro atoms. The van der Waals surface area contributed by atoms with Gasteiger partial charge in [0.2, 0.25) is 0 Å². The normalized spacial score (nSPS) is 20.6. The Morgan fingerprint density at radius 1 is 1.13 bits per heavy atom. The third-order valence-electron chi connectivity index (χ3n) is 4.88. The Bertz CT molecular complexity index is 935. The van der Waals surface area contributed by atoms with Crippen molar-refractivity contribution in [2.24, 2.45) is 5.73 Å². The van der Waals surface area contributed by atoms with E-state index in [9.17, 15) is 26.7 Å². The van der Waals surface area contributed by atoms with Crippen LogP contribution in [0.15, 0.2) is 24.3 Å². The van der Waals surface area contributed by atoms with Crippen molar-refractivity contribution in [2.75, 3.05) is 17.7 Å². The molecule has 6 nitrogen and oxygen atoms in total. The average Bonchev–Trinajstić information content (AvgIpc) is 2.62. The number of nitrogens with one attached hydrogen (secondary N) is 3. The van der Waals surface area contributed by atoms with Crippen molar-refractivity contribution in [2.45, 2.75) is 37.3 Å².